The lowest BCUT2D eigenvalue weighted by atomic mass is 9.82. The number of aliphatic hydroxyl groups excluding tert-OH is 1. The summed E-state index contributed by atoms with van der Waals surface area (Å²) >= 11 is 1.60. The SMILES string of the molecule is O=C(NC(CCO)C1CCCCC1)c1cc2c(s1)CCOC2. The minimum atomic E-state index is 0.0171. The molecule has 2 N–H and O–H groups in total. The fraction of sp³-hybridized carbons (Fsp3) is 0.706. The summed E-state index contributed by atoms with van der Waals surface area (Å²) in [5.74, 6) is 0.534. The average molecular weight is 323 g/mol. The smallest absolute Gasteiger partial charge is 0.261 e. The van der Waals surface area contributed by atoms with E-state index < -0.39 is 0 Å². The second-order valence-corrected chi connectivity index (χ2v) is 7.49. The van der Waals surface area contributed by atoms with Crippen molar-refractivity contribution in [1.29, 1.82) is 0 Å². The van der Waals surface area contributed by atoms with E-state index >= 15 is 0 Å². The maximum Gasteiger partial charge on any atom is 0.261 e. The zero-order valence-electron chi connectivity index (χ0n) is 13.0. The van der Waals surface area contributed by atoms with E-state index in [4.69, 9.17) is 4.74 Å². The maximum absolute atomic E-state index is 12.6. The number of amides is 1. The van der Waals surface area contributed by atoms with Crippen LogP contribution < -0.4 is 5.32 Å². The van der Waals surface area contributed by atoms with Gasteiger partial charge in [-0.15, -0.1) is 11.3 Å². The molecule has 1 amide bonds. The van der Waals surface area contributed by atoms with E-state index in [1.807, 2.05) is 6.07 Å². The first-order valence-corrected chi connectivity index (χ1v) is 9.20. The van der Waals surface area contributed by atoms with Crippen molar-refractivity contribution in [2.75, 3.05) is 13.2 Å². The predicted molar refractivity (Wildman–Crippen MR) is 87.2 cm³/mol. The average Bonchev–Trinajstić information content (AvgIpc) is 2.99. The third-order valence-corrected chi connectivity index (χ3v) is 6.06. The van der Waals surface area contributed by atoms with Crippen LogP contribution in [-0.4, -0.2) is 30.3 Å². The van der Waals surface area contributed by atoms with E-state index in [0.717, 1.165) is 23.5 Å². The van der Waals surface area contributed by atoms with Crippen molar-refractivity contribution in [2.24, 2.45) is 5.92 Å². The standard InChI is InChI=1S/C17H25NO3S/c19-8-6-14(12-4-2-1-3-5-12)18-17(20)16-10-13-11-21-9-7-15(13)22-16/h10,12,14,19H,1-9,11H2,(H,18,20). The van der Waals surface area contributed by atoms with Gasteiger partial charge in [-0.3, -0.25) is 4.79 Å². The molecule has 122 valence electrons. The molecule has 1 saturated carbocycles. The van der Waals surface area contributed by atoms with E-state index in [0.29, 0.717) is 18.9 Å². The van der Waals surface area contributed by atoms with Gasteiger partial charge in [-0.1, -0.05) is 19.3 Å². The number of thiophene rings is 1. The summed E-state index contributed by atoms with van der Waals surface area (Å²) in [5, 5.41) is 12.5. The van der Waals surface area contributed by atoms with Crippen LogP contribution in [0.2, 0.25) is 0 Å². The van der Waals surface area contributed by atoms with E-state index in [9.17, 15) is 9.90 Å². The summed E-state index contributed by atoms with van der Waals surface area (Å²) in [4.78, 5) is 14.6. The first-order chi connectivity index (χ1) is 10.8. The number of rotatable bonds is 5. The molecule has 22 heavy (non-hydrogen) atoms. The molecular formula is C17H25NO3S. The molecule has 1 aromatic rings. The highest BCUT2D eigenvalue weighted by atomic mass is 32.1. The van der Waals surface area contributed by atoms with Gasteiger partial charge in [0.25, 0.3) is 5.91 Å². The molecule has 1 atom stereocenters. The minimum absolute atomic E-state index is 0.0171. The molecule has 3 rings (SSSR count). The van der Waals surface area contributed by atoms with Crippen molar-refractivity contribution in [3.05, 3.63) is 21.4 Å². The third-order valence-electron chi connectivity index (χ3n) is 4.83. The molecule has 1 aliphatic heterocycles. The second kappa shape index (κ2) is 7.57. The van der Waals surface area contributed by atoms with Gasteiger partial charge >= 0.3 is 0 Å². The topological polar surface area (TPSA) is 58.6 Å². The molecule has 0 saturated heterocycles. The number of nitrogens with one attached hydrogen (secondary N) is 1. The van der Waals surface area contributed by atoms with Crippen molar-refractivity contribution in [2.45, 2.75) is 57.6 Å². The van der Waals surface area contributed by atoms with E-state index in [-0.39, 0.29) is 18.6 Å². The van der Waals surface area contributed by atoms with Gasteiger partial charge in [0.05, 0.1) is 18.1 Å². The van der Waals surface area contributed by atoms with Crippen LogP contribution in [0.15, 0.2) is 6.07 Å². The summed E-state index contributed by atoms with van der Waals surface area (Å²) in [6.45, 7) is 1.52. The molecule has 5 heteroatoms. The van der Waals surface area contributed by atoms with Crippen LogP contribution in [-0.2, 0) is 17.8 Å². The zero-order chi connectivity index (χ0) is 15.4. The summed E-state index contributed by atoms with van der Waals surface area (Å²) in [6.07, 6.45) is 7.69. The fourth-order valence-electron chi connectivity index (χ4n) is 3.60. The van der Waals surface area contributed by atoms with Crippen molar-refractivity contribution in [3.63, 3.8) is 0 Å². The van der Waals surface area contributed by atoms with Gasteiger partial charge in [-0.05, 0) is 36.8 Å². The summed E-state index contributed by atoms with van der Waals surface area (Å²) in [7, 11) is 0. The van der Waals surface area contributed by atoms with Crippen LogP contribution in [0.3, 0.4) is 0 Å². The number of hydrogen-bond acceptors (Lipinski definition) is 4. The van der Waals surface area contributed by atoms with E-state index in [2.05, 4.69) is 5.32 Å². The molecule has 0 spiro atoms. The molecule has 2 aliphatic rings. The van der Waals surface area contributed by atoms with Gasteiger partial charge in [0.2, 0.25) is 0 Å². The minimum Gasteiger partial charge on any atom is -0.396 e. The number of fused-ring (bicyclic) bond motifs is 1. The Morgan fingerprint density at radius 2 is 2.23 bits per heavy atom. The molecule has 1 aliphatic carbocycles. The van der Waals surface area contributed by atoms with Crippen LogP contribution >= 0.6 is 11.3 Å². The highest BCUT2D eigenvalue weighted by molar-refractivity contribution is 7.14. The van der Waals surface area contributed by atoms with Gasteiger partial charge < -0.3 is 15.2 Å². The van der Waals surface area contributed by atoms with Gasteiger partial charge in [0.15, 0.2) is 0 Å². The lowest BCUT2D eigenvalue weighted by molar-refractivity contribution is 0.0903. The molecule has 1 unspecified atom stereocenters. The molecule has 2 heterocycles. The van der Waals surface area contributed by atoms with Gasteiger partial charge in [0.1, 0.15) is 0 Å². The maximum atomic E-state index is 12.6. The van der Waals surface area contributed by atoms with Crippen LogP contribution in [0.5, 0.6) is 0 Å². The molecule has 0 radical (unpaired) electrons. The Bertz CT molecular complexity index is 485. The molecule has 0 bridgehead atoms. The van der Waals surface area contributed by atoms with Crippen LogP contribution in [0.25, 0.3) is 0 Å². The monoisotopic (exact) mass is 323 g/mol. The molecule has 1 fully saturated rings. The predicted octanol–water partition coefficient (Wildman–Crippen LogP) is 2.88. The summed E-state index contributed by atoms with van der Waals surface area (Å²) in [5.41, 5.74) is 1.16. The summed E-state index contributed by atoms with van der Waals surface area (Å²) < 4.78 is 5.45. The Kier molecular flexibility index (Phi) is 5.50. The number of ether oxygens (including phenoxy) is 1. The third kappa shape index (κ3) is 3.70. The largest absolute Gasteiger partial charge is 0.396 e. The Balaban J connectivity index is 1.66. The van der Waals surface area contributed by atoms with E-state index in [1.165, 1.54) is 37.0 Å². The van der Waals surface area contributed by atoms with Crippen molar-refractivity contribution < 1.29 is 14.6 Å². The van der Waals surface area contributed by atoms with Crippen molar-refractivity contribution in [1.82, 2.24) is 5.32 Å². The quantitative estimate of drug-likeness (QED) is 0.876. The van der Waals surface area contributed by atoms with Crippen LogP contribution in [0, 0.1) is 5.92 Å². The molecule has 0 aromatic carbocycles. The lowest BCUT2D eigenvalue weighted by Crippen LogP contribution is -2.41. The Labute approximate surface area is 135 Å². The van der Waals surface area contributed by atoms with E-state index in [1.54, 1.807) is 11.3 Å². The number of carbonyl (C=O) groups is 1. The van der Waals surface area contributed by atoms with Gasteiger partial charge in [-0.2, -0.15) is 0 Å². The lowest BCUT2D eigenvalue weighted by Gasteiger charge is -2.30. The fourth-order valence-corrected chi connectivity index (χ4v) is 4.65. The second-order valence-electron chi connectivity index (χ2n) is 6.35. The first-order valence-electron chi connectivity index (χ1n) is 8.39. The zero-order valence-corrected chi connectivity index (χ0v) is 13.8. The number of carbonyl (C=O) groups excluding carboxylic acids is 1. The molecule has 4 nitrogen and oxygen atoms in total. The van der Waals surface area contributed by atoms with Crippen molar-refractivity contribution >= 4 is 17.2 Å². The molecular weight excluding hydrogens is 298 g/mol. The Morgan fingerprint density at radius 1 is 1.41 bits per heavy atom. The highest BCUT2D eigenvalue weighted by Crippen LogP contribution is 2.30. The molecule has 1 aromatic heterocycles. The Morgan fingerprint density at radius 3 is 2.95 bits per heavy atom. The van der Waals surface area contributed by atoms with Crippen LogP contribution in [0.1, 0.15) is 58.6 Å². The number of aliphatic hydroxyl groups is 1. The van der Waals surface area contributed by atoms with Crippen molar-refractivity contribution in [3.8, 4) is 0 Å². The van der Waals surface area contributed by atoms with Gasteiger partial charge in [-0.25, -0.2) is 0 Å². The highest BCUT2D eigenvalue weighted by Gasteiger charge is 2.26. The normalized spacial score (nSPS) is 20.4. The summed E-state index contributed by atoms with van der Waals surface area (Å²) in [6, 6.07) is 2.08. The first kappa shape index (κ1) is 16.0. The van der Waals surface area contributed by atoms with Crippen LogP contribution in [0.4, 0.5) is 0 Å². The van der Waals surface area contributed by atoms with Gasteiger partial charge in [0, 0.05) is 23.9 Å². The Hall–Kier alpha value is -0.910. The number of hydrogen-bond donors (Lipinski definition) is 2.